The number of piperidine rings is 2. The van der Waals surface area contributed by atoms with E-state index in [9.17, 15) is 0 Å². The fraction of sp³-hybridized carbons (Fsp3) is 0.500. The average Bonchev–Trinajstić information content (AvgIpc) is 2.88. The highest BCUT2D eigenvalue weighted by atomic mass is 15.2. The molecule has 1 N–H and O–H groups in total. The van der Waals surface area contributed by atoms with E-state index in [0.29, 0.717) is 12.0 Å². The summed E-state index contributed by atoms with van der Waals surface area (Å²) in [7, 11) is 2.12. The van der Waals surface area contributed by atoms with Gasteiger partial charge < -0.3 is 9.80 Å². The predicted molar refractivity (Wildman–Crippen MR) is 148 cm³/mol. The Bertz CT molecular complexity index is 1120. The minimum atomic E-state index is 0.113. The van der Waals surface area contributed by atoms with Gasteiger partial charge in [0.2, 0.25) is 0 Å². The molecule has 3 atom stereocenters. The minimum Gasteiger partial charge on any atom is -0.366 e. The Hall–Kier alpha value is -2.95. The van der Waals surface area contributed by atoms with Crippen LogP contribution in [0.15, 0.2) is 64.4 Å². The molecule has 1 aromatic carbocycles. The molecule has 2 bridgehead atoms. The van der Waals surface area contributed by atoms with Gasteiger partial charge in [0.15, 0.2) is 0 Å². The van der Waals surface area contributed by atoms with E-state index in [4.69, 9.17) is 5.53 Å². The van der Waals surface area contributed by atoms with E-state index in [-0.39, 0.29) is 6.04 Å². The number of benzene rings is 1. The third kappa shape index (κ3) is 4.91. The van der Waals surface area contributed by atoms with Crippen molar-refractivity contribution in [3.8, 4) is 0 Å². The van der Waals surface area contributed by atoms with E-state index < -0.39 is 0 Å². The van der Waals surface area contributed by atoms with Crippen molar-refractivity contribution in [1.82, 2.24) is 4.90 Å². The highest BCUT2D eigenvalue weighted by molar-refractivity contribution is 6.01. The fourth-order valence-electron chi connectivity index (χ4n) is 6.11. The lowest BCUT2D eigenvalue weighted by Crippen LogP contribution is -2.53. The van der Waals surface area contributed by atoms with E-state index >= 15 is 0 Å². The summed E-state index contributed by atoms with van der Waals surface area (Å²) in [4.78, 5) is 9.26. The second kappa shape index (κ2) is 10.3. The van der Waals surface area contributed by atoms with E-state index in [1.165, 1.54) is 34.4 Å². The monoisotopic (exact) mass is 471 g/mol. The first-order chi connectivity index (χ1) is 16.7. The summed E-state index contributed by atoms with van der Waals surface area (Å²) in [6.07, 6.45) is 9.84. The third-order valence-corrected chi connectivity index (χ3v) is 8.18. The van der Waals surface area contributed by atoms with Crippen molar-refractivity contribution in [2.45, 2.75) is 71.9 Å². The normalized spacial score (nSPS) is 24.1. The smallest absolute Gasteiger partial charge is 0.0911 e. The highest BCUT2D eigenvalue weighted by Crippen LogP contribution is 2.41. The van der Waals surface area contributed by atoms with Crippen LogP contribution < -0.4 is 4.90 Å². The van der Waals surface area contributed by atoms with Gasteiger partial charge in [-0.3, -0.25) is 4.99 Å². The molecule has 3 heterocycles. The fourth-order valence-corrected chi connectivity index (χ4v) is 6.11. The number of anilines is 1. The zero-order chi connectivity index (χ0) is 25.3. The molecule has 5 heteroatoms. The van der Waals surface area contributed by atoms with Gasteiger partial charge >= 0.3 is 0 Å². The third-order valence-electron chi connectivity index (χ3n) is 8.18. The molecular formula is C30H41N5. The van der Waals surface area contributed by atoms with Crippen LogP contribution in [0.1, 0.15) is 63.1 Å². The van der Waals surface area contributed by atoms with Crippen LogP contribution in [0.25, 0.3) is 5.70 Å². The summed E-state index contributed by atoms with van der Waals surface area (Å²) in [6, 6.07) is 5.01. The average molecular weight is 472 g/mol. The highest BCUT2D eigenvalue weighted by Gasteiger charge is 2.41. The van der Waals surface area contributed by atoms with E-state index in [0.717, 1.165) is 61.5 Å². The molecule has 3 fully saturated rings. The lowest BCUT2D eigenvalue weighted by Gasteiger charge is -2.50. The number of dihydropyridines is 1. The number of likely N-dealkylation sites (N-methyl/N-ethyl adjacent to an activating group) is 1. The number of nitrogens with zero attached hydrogens (tertiary/aromatic N) is 4. The molecule has 2 saturated heterocycles. The number of aryl methyl sites for hydroxylation is 2. The van der Waals surface area contributed by atoms with Crippen LogP contribution in [-0.2, 0) is 6.42 Å². The van der Waals surface area contributed by atoms with Crippen molar-refractivity contribution in [2.75, 3.05) is 25.0 Å². The van der Waals surface area contributed by atoms with Gasteiger partial charge in [0.25, 0.3) is 0 Å². The van der Waals surface area contributed by atoms with Gasteiger partial charge in [-0.2, -0.15) is 5.11 Å². The van der Waals surface area contributed by atoms with Crippen molar-refractivity contribution in [1.29, 1.82) is 5.53 Å². The molecule has 5 rings (SSSR count). The number of allylic oxidation sites excluding steroid dienone is 3. The van der Waals surface area contributed by atoms with Crippen LogP contribution >= 0.6 is 0 Å². The molecule has 3 aliphatic heterocycles. The van der Waals surface area contributed by atoms with Gasteiger partial charge in [-0.1, -0.05) is 26.2 Å². The molecule has 35 heavy (non-hydrogen) atoms. The maximum absolute atomic E-state index is 7.67. The first kappa shape index (κ1) is 25.2. The van der Waals surface area contributed by atoms with E-state index in [1.54, 1.807) is 0 Å². The molecule has 186 valence electrons. The molecule has 1 aromatic rings. The molecule has 1 aliphatic carbocycles. The van der Waals surface area contributed by atoms with Crippen LogP contribution in [0.2, 0.25) is 0 Å². The zero-order valence-electron chi connectivity index (χ0n) is 22.2. The number of fused-ring (bicyclic) bond motifs is 3. The molecule has 0 amide bonds. The van der Waals surface area contributed by atoms with Crippen LogP contribution in [0, 0.1) is 18.4 Å². The number of aliphatic imine (C=N–C) groups is 1. The molecule has 0 radical (unpaired) electrons. The quantitative estimate of drug-likeness (QED) is 0.325. The van der Waals surface area contributed by atoms with Crippen molar-refractivity contribution >= 4 is 17.1 Å². The maximum Gasteiger partial charge on any atom is 0.0911 e. The topological polar surface area (TPSA) is 55.0 Å². The number of hydrogen-bond donors (Lipinski definition) is 1. The molecular weight excluding hydrogens is 430 g/mol. The number of rotatable bonds is 8. The summed E-state index contributed by atoms with van der Waals surface area (Å²) in [6.45, 7) is 19.5. The van der Waals surface area contributed by atoms with Gasteiger partial charge in [0.1, 0.15) is 0 Å². The van der Waals surface area contributed by atoms with Crippen molar-refractivity contribution in [2.24, 2.45) is 16.0 Å². The van der Waals surface area contributed by atoms with Crippen molar-refractivity contribution in [3.05, 3.63) is 71.0 Å². The summed E-state index contributed by atoms with van der Waals surface area (Å²) < 4.78 is 0. The Balaban J connectivity index is 1.60. The lowest BCUT2D eigenvalue weighted by molar-refractivity contribution is 0.0776. The lowest BCUT2D eigenvalue weighted by atomic mass is 9.76. The Morgan fingerprint density at radius 2 is 2.06 bits per heavy atom. The largest absolute Gasteiger partial charge is 0.366 e. The second-order valence-corrected chi connectivity index (χ2v) is 10.4. The Morgan fingerprint density at radius 3 is 2.71 bits per heavy atom. The Labute approximate surface area is 211 Å². The summed E-state index contributed by atoms with van der Waals surface area (Å²) in [5.41, 5.74) is 18.2. The van der Waals surface area contributed by atoms with Crippen LogP contribution in [0.3, 0.4) is 0 Å². The van der Waals surface area contributed by atoms with E-state index in [1.807, 2.05) is 0 Å². The summed E-state index contributed by atoms with van der Waals surface area (Å²) in [5.74, 6) is 0.624. The molecule has 1 unspecified atom stereocenters. The predicted octanol–water partition coefficient (Wildman–Crippen LogP) is 7.10. The first-order valence-corrected chi connectivity index (χ1v) is 13.0. The van der Waals surface area contributed by atoms with Crippen LogP contribution in [-0.4, -0.2) is 42.8 Å². The van der Waals surface area contributed by atoms with Crippen LogP contribution in [0.5, 0.6) is 0 Å². The minimum absolute atomic E-state index is 0.113. The number of nitrogens with one attached hydrogen (secondary N) is 1. The molecule has 0 aromatic heterocycles. The number of hydrogen-bond acceptors (Lipinski definition) is 5. The van der Waals surface area contributed by atoms with Gasteiger partial charge in [-0.15, -0.1) is 0 Å². The SMILES string of the molecule is C=C(/C(C)=C/C1=CCCN=C1C)N(C)c1c(C)cc(C(=C)N2C[C@@H]3CC[C@H]2C(N=N)C3)cc1CC. The molecule has 5 nitrogen and oxygen atoms in total. The maximum atomic E-state index is 7.67. The first-order valence-electron chi connectivity index (χ1n) is 13.0. The molecule has 0 spiro atoms. The Morgan fingerprint density at radius 1 is 1.29 bits per heavy atom. The van der Waals surface area contributed by atoms with Crippen molar-refractivity contribution < 1.29 is 0 Å². The zero-order valence-corrected chi connectivity index (χ0v) is 22.2. The van der Waals surface area contributed by atoms with E-state index in [2.05, 4.69) is 92.1 Å². The molecule has 1 saturated carbocycles. The van der Waals surface area contributed by atoms with Crippen molar-refractivity contribution in [3.63, 3.8) is 0 Å². The molecule has 4 aliphatic rings. The van der Waals surface area contributed by atoms with Gasteiger partial charge in [-0.25, -0.2) is 5.53 Å². The van der Waals surface area contributed by atoms with Gasteiger partial charge in [-0.05, 0) is 105 Å². The van der Waals surface area contributed by atoms with Gasteiger partial charge in [0, 0.05) is 42.9 Å². The summed E-state index contributed by atoms with van der Waals surface area (Å²) >= 11 is 0. The standard InChI is InChI=1S/C30H41N5/c1-8-25-17-27(23(6)35-18-24-11-12-29(35)28(16-24)33-31)15-20(3)30(25)34(7)22(5)19(2)14-26-10-9-13-32-21(26)4/h10,14-15,17,24,28-29,31H,5-6,8-9,11-13,16,18H2,1-4,7H3/b19-14+,33-31?/t24-,28?,29+/m1/s1. The van der Waals surface area contributed by atoms with Gasteiger partial charge in [0.05, 0.1) is 12.1 Å². The summed E-state index contributed by atoms with van der Waals surface area (Å²) in [5, 5.41) is 3.96. The second-order valence-electron chi connectivity index (χ2n) is 10.4. The van der Waals surface area contributed by atoms with Crippen LogP contribution in [0.4, 0.5) is 5.69 Å². The Kier molecular flexibility index (Phi) is 7.44.